The molecule has 0 aliphatic heterocycles. The van der Waals surface area contributed by atoms with E-state index in [-0.39, 0.29) is 0 Å². The molecule has 0 spiro atoms. The summed E-state index contributed by atoms with van der Waals surface area (Å²) in [6, 6.07) is 2.08. The largest absolute Gasteiger partial charge is 0.330 e. The summed E-state index contributed by atoms with van der Waals surface area (Å²) in [5.74, 6) is 1.36. The van der Waals surface area contributed by atoms with Gasteiger partial charge < -0.3 is 5.73 Å². The Morgan fingerprint density at radius 3 is 2.92 bits per heavy atom. The number of hydrogen-bond donors (Lipinski definition) is 1. The van der Waals surface area contributed by atoms with Gasteiger partial charge in [0.2, 0.25) is 0 Å². The Balaban J connectivity index is 2.20. The van der Waals surface area contributed by atoms with Crippen LogP contribution in [0.2, 0.25) is 0 Å². The summed E-state index contributed by atoms with van der Waals surface area (Å²) in [5.41, 5.74) is 7.02. The molecule has 2 rings (SSSR count). The molecule has 3 heteroatoms. The van der Waals surface area contributed by atoms with Crippen LogP contribution < -0.4 is 5.73 Å². The molecular weight excluding hydrogens is 150 g/mol. The van der Waals surface area contributed by atoms with Gasteiger partial charge in [0.1, 0.15) is 0 Å². The zero-order valence-corrected chi connectivity index (χ0v) is 7.40. The maximum Gasteiger partial charge on any atom is 0.0492 e. The lowest BCUT2D eigenvalue weighted by atomic mass is 10.0. The van der Waals surface area contributed by atoms with Gasteiger partial charge in [-0.15, -0.1) is 0 Å². The highest BCUT2D eigenvalue weighted by Gasteiger charge is 2.32. The van der Waals surface area contributed by atoms with E-state index >= 15 is 0 Å². The second-order valence-corrected chi connectivity index (χ2v) is 3.56. The van der Waals surface area contributed by atoms with Crippen molar-refractivity contribution >= 4 is 0 Å². The molecule has 0 amide bonds. The lowest BCUT2D eigenvalue weighted by Gasteiger charge is -2.13. The molecule has 0 radical (unpaired) electrons. The molecular formula is C9H15N3. The number of nitrogens with zero attached hydrogens (tertiary/aromatic N) is 2. The van der Waals surface area contributed by atoms with E-state index in [0.717, 1.165) is 12.5 Å². The molecule has 1 atom stereocenters. The smallest absolute Gasteiger partial charge is 0.0492 e. The van der Waals surface area contributed by atoms with Crippen molar-refractivity contribution in [2.45, 2.75) is 18.8 Å². The minimum absolute atomic E-state index is 0.539. The fraction of sp³-hybridized carbons (Fsp3) is 0.667. The van der Waals surface area contributed by atoms with Gasteiger partial charge in [-0.1, -0.05) is 0 Å². The first-order valence-electron chi connectivity index (χ1n) is 4.51. The molecule has 1 heterocycles. The average molecular weight is 165 g/mol. The number of hydrogen-bond acceptors (Lipinski definition) is 2. The van der Waals surface area contributed by atoms with Gasteiger partial charge in [0.25, 0.3) is 0 Å². The highest BCUT2D eigenvalue weighted by atomic mass is 15.3. The predicted octanol–water partition coefficient (Wildman–Crippen LogP) is 0.872. The quantitative estimate of drug-likeness (QED) is 0.722. The van der Waals surface area contributed by atoms with E-state index in [1.165, 1.54) is 18.5 Å². The summed E-state index contributed by atoms with van der Waals surface area (Å²) >= 11 is 0. The van der Waals surface area contributed by atoms with Crippen LogP contribution in [-0.4, -0.2) is 16.3 Å². The van der Waals surface area contributed by atoms with Crippen molar-refractivity contribution in [3.8, 4) is 0 Å². The summed E-state index contributed by atoms with van der Waals surface area (Å²) in [6.45, 7) is 0.754. The van der Waals surface area contributed by atoms with E-state index in [9.17, 15) is 0 Å². The first kappa shape index (κ1) is 7.80. The first-order valence-corrected chi connectivity index (χ1v) is 4.51. The lowest BCUT2D eigenvalue weighted by Crippen LogP contribution is -2.17. The predicted molar refractivity (Wildman–Crippen MR) is 47.7 cm³/mol. The highest BCUT2D eigenvalue weighted by molar-refractivity contribution is 5.12. The zero-order chi connectivity index (χ0) is 8.55. The Morgan fingerprint density at radius 2 is 2.50 bits per heavy atom. The molecule has 0 aromatic carbocycles. The summed E-state index contributed by atoms with van der Waals surface area (Å²) < 4.78 is 1.94. The molecule has 1 saturated carbocycles. The standard InChI is InChI=1S/C9H15N3/c1-12-9(4-5-11-12)8(6-10)7-2-3-7/h4-5,7-8H,2-3,6,10H2,1H3. The van der Waals surface area contributed by atoms with Gasteiger partial charge in [0, 0.05) is 31.4 Å². The molecule has 1 aliphatic rings. The molecule has 1 fully saturated rings. The van der Waals surface area contributed by atoms with Gasteiger partial charge in [-0.2, -0.15) is 5.10 Å². The molecule has 66 valence electrons. The van der Waals surface area contributed by atoms with Crippen molar-refractivity contribution in [1.82, 2.24) is 9.78 Å². The van der Waals surface area contributed by atoms with Gasteiger partial charge in [0.15, 0.2) is 0 Å². The molecule has 0 saturated heterocycles. The number of aryl methyl sites for hydroxylation is 1. The van der Waals surface area contributed by atoms with Crippen LogP contribution in [0.15, 0.2) is 12.3 Å². The van der Waals surface area contributed by atoms with Crippen molar-refractivity contribution in [3.05, 3.63) is 18.0 Å². The second-order valence-electron chi connectivity index (χ2n) is 3.56. The van der Waals surface area contributed by atoms with Crippen molar-refractivity contribution in [2.75, 3.05) is 6.54 Å². The second kappa shape index (κ2) is 2.90. The van der Waals surface area contributed by atoms with E-state index in [0.29, 0.717) is 5.92 Å². The van der Waals surface area contributed by atoms with Crippen LogP contribution >= 0.6 is 0 Å². The van der Waals surface area contributed by atoms with E-state index in [1.807, 2.05) is 17.9 Å². The minimum Gasteiger partial charge on any atom is -0.330 e. The third-order valence-electron chi connectivity index (χ3n) is 2.68. The van der Waals surface area contributed by atoms with Crippen LogP contribution in [0, 0.1) is 5.92 Å². The zero-order valence-electron chi connectivity index (χ0n) is 7.40. The average Bonchev–Trinajstić information content (AvgIpc) is 2.80. The van der Waals surface area contributed by atoms with Crippen molar-refractivity contribution in [3.63, 3.8) is 0 Å². The number of aromatic nitrogens is 2. The molecule has 1 aromatic rings. The third kappa shape index (κ3) is 1.25. The number of nitrogens with two attached hydrogens (primary N) is 1. The molecule has 0 bridgehead atoms. The van der Waals surface area contributed by atoms with Crippen LogP contribution in [0.5, 0.6) is 0 Å². The summed E-state index contributed by atoms with van der Waals surface area (Å²) in [6.07, 6.45) is 4.53. The van der Waals surface area contributed by atoms with Crippen molar-refractivity contribution in [1.29, 1.82) is 0 Å². The van der Waals surface area contributed by atoms with Crippen LogP contribution in [0.3, 0.4) is 0 Å². The van der Waals surface area contributed by atoms with Crippen LogP contribution in [0.25, 0.3) is 0 Å². The van der Waals surface area contributed by atoms with Crippen LogP contribution in [0.1, 0.15) is 24.5 Å². The fourth-order valence-electron chi connectivity index (χ4n) is 1.80. The van der Waals surface area contributed by atoms with Gasteiger partial charge in [-0.25, -0.2) is 0 Å². The third-order valence-corrected chi connectivity index (χ3v) is 2.68. The Bertz CT molecular complexity index is 262. The Hall–Kier alpha value is -0.830. The van der Waals surface area contributed by atoms with E-state index < -0.39 is 0 Å². The Morgan fingerprint density at radius 1 is 1.75 bits per heavy atom. The van der Waals surface area contributed by atoms with Crippen molar-refractivity contribution in [2.24, 2.45) is 18.7 Å². The lowest BCUT2D eigenvalue weighted by molar-refractivity contribution is 0.556. The molecule has 1 aromatic heterocycles. The molecule has 12 heavy (non-hydrogen) atoms. The monoisotopic (exact) mass is 165 g/mol. The number of rotatable bonds is 3. The highest BCUT2D eigenvalue weighted by Crippen LogP contribution is 2.41. The summed E-state index contributed by atoms with van der Waals surface area (Å²) in [4.78, 5) is 0. The van der Waals surface area contributed by atoms with Gasteiger partial charge in [-0.3, -0.25) is 4.68 Å². The fourth-order valence-corrected chi connectivity index (χ4v) is 1.80. The van der Waals surface area contributed by atoms with E-state index in [2.05, 4.69) is 11.2 Å². The molecule has 2 N–H and O–H groups in total. The molecule has 1 aliphatic carbocycles. The van der Waals surface area contributed by atoms with Gasteiger partial charge in [0.05, 0.1) is 0 Å². The van der Waals surface area contributed by atoms with Crippen LogP contribution in [0.4, 0.5) is 0 Å². The van der Waals surface area contributed by atoms with Crippen molar-refractivity contribution < 1.29 is 0 Å². The topological polar surface area (TPSA) is 43.8 Å². The summed E-state index contributed by atoms with van der Waals surface area (Å²) in [7, 11) is 1.99. The Kier molecular flexibility index (Phi) is 1.89. The van der Waals surface area contributed by atoms with E-state index in [4.69, 9.17) is 5.73 Å². The minimum atomic E-state index is 0.539. The van der Waals surface area contributed by atoms with Gasteiger partial charge >= 0.3 is 0 Å². The molecule has 3 nitrogen and oxygen atoms in total. The maximum absolute atomic E-state index is 5.73. The Labute approximate surface area is 72.6 Å². The molecule has 1 unspecified atom stereocenters. The van der Waals surface area contributed by atoms with Crippen LogP contribution in [-0.2, 0) is 7.05 Å². The van der Waals surface area contributed by atoms with E-state index in [1.54, 1.807) is 0 Å². The normalized spacial score (nSPS) is 19.5. The maximum atomic E-state index is 5.73. The summed E-state index contributed by atoms with van der Waals surface area (Å²) in [5, 5.41) is 4.16. The van der Waals surface area contributed by atoms with Gasteiger partial charge in [-0.05, 0) is 24.8 Å². The SMILES string of the molecule is Cn1nccc1C(CN)C1CC1. The first-order chi connectivity index (χ1) is 5.83.